The Labute approximate surface area is 122 Å². The summed E-state index contributed by atoms with van der Waals surface area (Å²) in [5, 5.41) is 26.7. The molecule has 0 amide bonds. The molecule has 106 valence electrons. The van der Waals surface area contributed by atoms with Crippen molar-refractivity contribution in [2.24, 2.45) is 5.92 Å². The van der Waals surface area contributed by atoms with Gasteiger partial charge in [0.25, 0.3) is 0 Å². The standard InChI is InChI=1S/C16H14N2O3/c17-8-11-14(9-4-6-10(19)7-5-9)15-12(20)2-1-3-13(15)21-16(11)18/h4-7,11,14,18-19H,1-3H2. The fourth-order valence-electron chi connectivity index (χ4n) is 2.98. The van der Waals surface area contributed by atoms with Gasteiger partial charge in [-0.3, -0.25) is 10.2 Å². The first-order chi connectivity index (χ1) is 10.1. The monoisotopic (exact) mass is 282 g/mol. The number of ether oxygens (including phenoxy) is 1. The summed E-state index contributed by atoms with van der Waals surface area (Å²) in [7, 11) is 0. The van der Waals surface area contributed by atoms with Crippen molar-refractivity contribution >= 4 is 11.7 Å². The Morgan fingerprint density at radius 1 is 1.29 bits per heavy atom. The lowest BCUT2D eigenvalue weighted by atomic mass is 9.74. The Kier molecular flexibility index (Phi) is 3.22. The highest BCUT2D eigenvalue weighted by Crippen LogP contribution is 2.43. The molecular formula is C16H14N2O3. The number of phenolic OH excluding ortho intramolecular Hbond substituents is 1. The number of Topliss-reactive ketones (excluding diaryl/α,β-unsaturated/α-hetero) is 1. The highest BCUT2D eigenvalue weighted by molar-refractivity contribution is 6.01. The van der Waals surface area contributed by atoms with Crippen molar-refractivity contribution in [3.63, 3.8) is 0 Å². The Morgan fingerprint density at radius 3 is 2.67 bits per heavy atom. The topological polar surface area (TPSA) is 94.2 Å². The summed E-state index contributed by atoms with van der Waals surface area (Å²) in [5.74, 6) is -0.763. The first kappa shape index (κ1) is 13.4. The van der Waals surface area contributed by atoms with Gasteiger partial charge in [0.1, 0.15) is 17.4 Å². The summed E-state index contributed by atoms with van der Waals surface area (Å²) in [6, 6.07) is 8.50. The number of rotatable bonds is 1. The van der Waals surface area contributed by atoms with Crippen molar-refractivity contribution in [3.8, 4) is 11.8 Å². The smallest absolute Gasteiger partial charge is 0.205 e. The largest absolute Gasteiger partial charge is 0.508 e. The molecule has 1 aliphatic carbocycles. The van der Waals surface area contributed by atoms with Crippen molar-refractivity contribution in [1.29, 1.82) is 10.7 Å². The van der Waals surface area contributed by atoms with Gasteiger partial charge < -0.3 is 9.84 Å². The fraction of sp³-hybridized carbons (Fsp3) is 0.312. The van der Waals surface area contributed by atoms with Gasteiger partial charge in [-0.15, -0.1) is 0 Å². The van der Waals surface area contributed by atoms with Crippen molar-refractivity contribution in [2.45, 2.75) is 25.2 Å². The fourth-order valence-corrected chi connectivity index (χ4v) is 2.98. The summed E-state index contributed by atoms with van der Waals surface area (Å²) in [6.45, 7) is 0. The maximum absolute atomic E-state index is 12.3. The molecule has 0 aromatic heterocycles. The van der Waals surface area contributed by atoms with Crippen LogP contribution < -0.4 is 0 Å². The molecule has 2 atom stereocenters. The summed E-state index contributed by atoms with van der Waals surface area (Å²) < 4.78 is 5.41. The van der Waals surface area contributed by atoms with E-state index in [9.17, 15) is 15.2 Å². The van der Waals surface area contributed by atoms with E-state index >= 15 is 0 Å². The average Bonchev–Trinajstić information content (AvgIpc) is 2.47. The summed E-state index contributed by atoms with van der Waals surface area (Å²) in [5.41, 5.74) is 1.27. The number of carbonyl (C=O) groups excluding carboxylic acids is 1. The van der Waals surface area contributed by atoms with E-state index in [0.29, 0.717) is 30.6 Å². The number of ketones is 1. The number of nitriles is 1. The molecule has 0 saturated heterocycles. The van der Waals surface area contributed by atoms with Gasteiger partial charge in [-0.25, -0.2) is 0 Å². The molecule has 3 rings (SSSR count). The lowest BCUT2D eigenvalue weighted by molar-refractivity contribution is -0.116. The van der Waals surface area contributed by atoms with Crippen LogP contribution in [0.3, 0.4) is 0 Å². The second kappa shape index (κ2) is 5.06. The molecule has 21 heavy (non-hydrogen) atoms. The first-order valence-electron chi connectivity index (χ1n) is 6.83. The predicted octanol–water partition coefficient (Wildman–Crippen LogP) is 2.63. The average molecular weight is 282 g/mol. The molecular weight excluding hydrogens is 268 g/mol. The van der Waals surface area contributed by atoms with E-state index in [1.807, 2.05) is 0 Å². The van der Waals surface area contributed by atoms with Gasteiger partial charge in [0.15, 0.2) is 5.78 Å². The van der Waals surface area contributed by atoms with Crippen LogP contribution in [-0.2, 0) is 9.53 Å². The molecule has 5 nitrogen and oxygen atoms in total. The van der Waals surface area contributed by atoms with Gasteiger partial charge in [0.05, 0.1) is 6.07 Å². The minimum absolute atomic E-state index is 0.0120. The molecule has 0 spiro atoms. The molecule has 2 aliphatic rings. The molecule has 0 saturated carbocycles. The van der Waals surface area contributed by atoms with Crippen molar-refractivity contribution in [2.75, 3.05) is 0 Å². The predicted molar refractivity (Wildman–Crippen MR) is 74.6 cm³/mol. The number of nitrogens with zero attached hydrogens (tertiary/aromatic N) is 1. The molecule has 0 radical (unpaired) electrons. The Balaban J connectivity index is 2.15. The molecule has 1 aromatic carbocycles. The third kappa shape index (κ3) is 2.19. The van der Waals surface area contributed by atoms with Crippen molar-refractivity contribution < 1.29 is 14.6 Å². The molecule has 0 bridgehead atoms. The number of allylic oxidation sites excluding steroid dienone is 2. The van der Waals surface area contributed by atoms with Crippen LogP contribution in [0.5, 0.6) is 5.75 Å². The van der Waals surface area contributed by atoms with Crippen LogP contribution >= 0.6 is 0 Å². The van der Waals surface area contributed by atoms with E-state index in [0.717, 1.165) is 5.56 Å². The van der Waals surface area contributed by atoms with Crippen molar-refractivity contribution in [1.82, 2.24) is 0 Å². The van der Waals surface area contributed by atoms with Crippen LogP contribution in [0.4, 0.5) is 0 Å². The zero-order chi connectivity index (χ0) is 15.0. The van der Waals surface area contributed by atoms with Gasteiger partial charge in [-0.1, -0.05) is 12.1 Å². The van der Waals surface area contributed by atoms with Crippen LogP contribution in [0.2, 0.25) is 0 Å². The summed E-state index contributed by atoms with van der Waals surface area (Å²) in [6.07, 6.45) is 1.78. The minimum Gasteiger partial charge on any atom is -0.508 e. The number of phenols is 1. The van der Waals surface area contributed by atoms with Crippen LogP contribution in [0, 0.1) is 22.7 Å². The van der Waals surface area contributed by atoms with Gasteiger partial charge >= 0.3 is 0 Å². The van der Waals surface area contributed by atoms with E-state index in [1.165, 1.54) is 12.1 Å². The van der Waals surface area contributed by atoms with E-state index in [1.54, 1.807) is 12.1 Å². The molecule has 1 heterocycles. The molecule has 0 fully saturated rings. The zero-order valence-electron chi connectivity index (χ0n) is 11.3. The van der Waals surface area contributed by atoms with Gasteiger partial charge in [-0.05, 0) is 24.1 Å². The van der Waals surface area contributed by atoms with Gasteiger partial charge in [0.2, 0.25) is 5.90 Å². The van der Waals surface area contributed by atoms with E-state index in [2.05, 4.69) is 6.07 Å². The third-order valence-corrected chi connectivity index (χ3v) is 3.96. The minimum atomic E-state index is -0.810. The molecule has 2 unspecified atom stereocenters. The first-order valence-corrected chi connectivity index (χ1v) is 6.83. The molecule has 5 heteroatoms. The highest BCUT2D eigenvalue weighted by atomic mass is 16.5. The van der Waals surface area contributed by atoms with E-state index < -0.39 is 11.8 Å². The molecule has 1 aliphatic heterocycles. The maximum atomic E-state index is 12.3. The Hall–Kier alpha value is -2.61. The van der Waals surface area contributed by atoms with Gasteiger partial charge in [0, 0.05) is 24.3 Å². The number of aromatic hydroxyl groups is 1. The van der Waals surface area contributed by atoms with Crippen molar-refractivity contribution in [3.05, 3.63) is 41.2 Å². The lowest BCUT2D eigenvalue weighted by Gasteiger charge is -2.34. The van der Waals surface area contributed by atoms with E-state index in [4.69, 9.17) is 10.1 Å². The number of nitrogens with one attached hydrogen (secondary N) is 1. The quantitative estimate of drug-likeness (QED) is 0.827. The lowest BCUT2D eigenvalue weighted by Crippen LogP contribution is -2.34. The van der Waals surface area contributed by atoms with E-state index in [-0.39, 0.29) is 17.4 Å². The SMILES string of the molecule is N#CC1C(=N)OC2=C(C(=O)CCC2)C1c1ccc(O)cc1. The number of hydrogen-bond acceptors (Lipinski definition) is 5. The number of carbonyl (C=O) groups is 1. The van der Waals surface area contributed by atoms with Crippen LogP contribution in [0.25, 0.3) is 0 Å². The van der Waals surface area contributed by atoms with Crippen LogP contribution in [0.15, 0.2) is 35.6 Å². The summed E-state index contributed by atoms with van der Waals surface area (Å²) in [4.78, 5) is 12.3. The van der Waals surface area contributed by atoms with Crippen LogP contribution in [-0.4, -0.2) is 16.8 Å². The molecule has 2 N–H and O–H groups in total. The zero-order valence-corrected chi connectivity index (χ0v) is 11.3. The second-order valence-electron chi connectivity index (χ2n) is 5.26. The van der Waals surface area contributed by atoms with Gasteiger partial charge in [-0.2, -0.15) is 5.26 Å². The number of benzene rings is 1. The normalized spacial score (nSPS) is 25.1. The second-order valence-corrected chi connectivity index (χ2v) is 5.26. The highest BCUT2D eigenvalue weighted by Gasteiger charge is 2.42. The van der Waals surface area contributed by atoms with Crippen LogP contribution in [0.1, 0.15) is 30.7 Å². The Morgan fingerprint density at radius 2 is 2.00 bits per heavy atom. The summed E-state index contributed by atoms with van der Waals surface area (Å²) >= 11 is 0. The molecule has 1 aromatic rings. The Bertz CT molecular complexity index is 682. The number of hydrogen-bond donors (Lipinski definition) is 2. The third-order valence-electron chi connectivity index (χ3n) is 3.96. The maximum Gasteiger partial charge on any atom is 0.205 e.